The normalized spacial score (nSPS) is 15.2. The second-order valence-electron chi connectivity index (χ2n) is 6.26. The van der Waals surface area contributed by atoms with Crippen LogP contribution in [-0.2, 0) is 0 Å². The Morgan fingerprint density at radius 2 is 2.17 bits per heavy atom. The highest BCUT2D eigenvalue weighted by Gasteiger charge is 2.28. The maximum atomic E-state index is 13.0. The molecule has 0 saturated heterocycles. The quantitative estimate of drug-likeness (QED) is 0.845. The van der Waals surface area contributed by atoms with Gasteiger partial charge in [0.15, 0.2) is 0 Å². The van der Waals surface area contributed by atoms with E-state index in [0.29, 0.717) is 24.6 Å². The van der Waals surface area contributed by atoms with Crippen molar-refractivity contribution in [2.45, 2.75) is 32.6 Å². The van der Waals surface area contributed by atoms with Crippen molar-refractivity contribution < 1.29 is 4.79 Å². The van der Waals surface area contributed by atoms with E-state index in [4.69, 9.17) is 10.2 Å². The Morgan fingerprint density at radius 3 is 2.83 bits per heavy atom. The maximum Gasteiger partial charge on any atom is 0.254 e. The molecule has 1 aliphatic rings. The number of nitriles is 1. The lowest BCUT2D eigenvalue weighted by atomic mass is 10.0. The van der Waals surface area contributed by atoms with Crippen molar-refractivity contribution in [3.8, 4) is 6.07 Å². The standard InChI is InChI=1S/C19H21N3O/c1-3-22(12-13(2)11-20)19(23)16-10-18(14-8-9-14)21-17-7-5-4-6-15(16)17/h4-7,10,13-14H,3,8-9,12H2,1-2H3. The summed E-state index contributed by atoms with van der Waals surface area (Å²) < 4.78 is 0. The fourth-order valence-corrected chi connectivity index (χ4v) is 2.86. The molecule has 4 heteroatoms. The van der Waals surface area contributed by atoms with E-state index >= 15 is 0 Å². The second kappa shape index (κ2) is 6.37. The molecule has 4 nitrogen and oxygen atoms in total. The van der Waals surface area contributed by atoms with Gasteiger partial charge in [-0.15, -0.1) is 0 Å². The van der Waals surface area contributed by atoms with E-state index < -0.39 is 0 Å². The van der Waals surface area contributed by atoms with E-state index in [2.05, 4.69) is 6.07 Å². The molecular weight excluding hydrogens is 286 g/mol. The third kappa shape index (κ3) is 3.19. The number of nitrogens with zero attached hydrogens (tertiary/aromatic N) is 3. The summed E-state index contributed by atoms with van der Waals surface area (Å²) in [6.45, 7) is 4.85. The van der Waals surface area contributed by atoms with Gasteiger partial charge in [-0.05, 0) is 38.8 Å². The molecule has 1 aromatic heterocycles. The van der Waals surface area contributed by atoms with Crippen LogP contribution in [-0.4, -0.2) is 28.9 Å². The Hall–Kier alpha value is -2.41. The Labute approximate surface area is 136 Å². The third-order valence-electron chi connectivity index (χ3n) is 4.35. The Balaban J connectivity index is 2.03. The van der Waals surface area contributed by atoms with Gasteiger partial charge in [-0.1, -0.05) is 18.2 Å². The number of aromatic nitrogens is 1. The molecule has 0 bridgehead atoms. The minimum absolute atomic E-state index is 0.00454. The number of hydrogen-bond acceptors (Lipinski definition) is 3. The molecule has 118 valence electrons. The van der Waals surface area contributed by atoms with E-state index in [1.807, 2.05) is 44.2 Å². The topological polar surface area (TPSA) is 57.0 Å². The molecule has 1 atom stereocenters. The molecule has 0 N–H and O–H groups in total. The number of carbonyl (C=O) groups is 1. The van der Waals surface area contributed by atoms with E-state index in [1.54, 1.807) is 4.90 Å². The lowest BCUT2D eigenvalue weighted by Crippen LogP contribution is -2.34. The van der Waals surface area contributed by atoms with Gasteiger partial charge in [0.05, 0.1) is 23.1 Å². The zero-order chi connectivity index (χ0) is 16.4. The Bertz CT molecular complexity index is 774. The number of amides is 1. The van der Waals surface area contributed by atoms with Crippen LogP contribution < -0.4 is 0 Å². The number of rotatable bonds is 5. The predicted molar refractivity (Wildman–Crippen MR) is 90.1 cm³/mol. The van der Waals surface area contributed by atoms with Crippen molar-refractivity contribution in [2.75, 3.05) is 13.1 Å². The molecular formula is C19H21N3O. The van der Waals surface area contributed by atoms with E-state index in [-0.39, 0.29) is 11.8 Å². The van der Waals surface area contributed by atoms with Gasteiger partial charge in [-0.3, -0.25) is 9.78 Å². The Morgan fingerprint density at radius 1 is 1.43 bits per heavy atom. The molecule has 23 heavy (non-hydrogen) atoms. The highest BCUT2D eigenvalue weighted by atomic mass is 16.2. The molecule has 1 heterocycles. The number of hydrogen-bond donors (Lipinski definition) is 0. The van der Waals surface area contributed by atoms with Crippen molar-refractivity contribution in [3.05, 3.63) is 41.6 Å². The minimum atomic E-state index is -0.171. The van der Waals surface area contributed by atoms with Crippen LogP contribution >= 0.6 is 0 Å². The zero-order valence-electron chi connectivity index (χ0n) is 13.6. The summed E-state index contributed by atoms with van der Waals surface area (Å²) in [6.07, 6.45) is 2.31. The second-order valence-corrected chi connectivity index (χ2v) is 6.26. The molecule has 1 aliphatic carbocycles. The van der Waals surface area contributed by atoms with Gasteiger partial charge in [0.2, 0.25) is 0 Å². The molecule has 1 saturated carbocycles. The highest BCUT2D eigenvalue weighted by molar-refractivity contribution is 6.06. The third-order valence-corrected chi connectivity index (χ3v) is 4.35. The van der Waals surface area contributed by atoms with E-state index in [1.165, 1.54) is 0 Å². The first-order chi connectivity index (χ1) is 11.1. The van der Waals surface area contributed by atoms with Crippen LogP contribution in [0.25, 0.3) is 10.9 Å². The average molecular weight is 307 g/mol. The van der Waals surface area contributed by atoms with Crippen LogP contribution in [0.1, 0.15) is 48.7 Å². The van der Waals surface area contributed by atoms with Gasteiger partial charge < -0.3 is 4.90 Å². The average Bonchev–Trinajstić information content (AvgIpc) is 3.42. The molecule has 1 fully saturated rings. The van der Waals surface area contributed by atoms with Crippen LogP contribution in [0.4, 0.5) is 0 Å². The maximum absolute atomic E-state index is 13.0. The van der Waals surface area contributed by atoms with Crippen molar-refractivity contribution in [1.82, 2.24) is 9.88 Å². The monoisotopic (exact) mass is 307 g/mol. The largest absolute Gasteiger partial charge is 0.338 e. The van der Waals surface area contributed by atoms with Crippen LogP contribution in [0.15, 0.2) is 30.3 Å². The van der Waals surface area contributed by atoms with Gasteiger partial charge in [-0.2, -0.15) is 5.26 Å². The lowest BCUT2D eigenvalue weighted by Gasteiger charge is -2.23. The summed E-state index contributed by atoms with van der Waals surface area (Å²) in [5.41, 5.74) is 2.62. The number of benzene rings is 1. The van der Waals surface area contributed by atoms with Crippen molar-refractivity contribution in [1.29, 1.82) is 5.26 Å². The van der Waals surface area contributed by atoms with Gasteiger partial charge in [-0.25, -0.2) is 0 Å². The van der Waals surface area contributed by atoms with E-state index in [0.717, 1.165) is 29.4 Å². The molecule has 1 amide bonds. The zero-order valence-corrected chi connectivity index (χ0v) is 13.6. The highest BCUT2D eigenvalue weighted by Crippen LogP contribution is 2.40. The first-order valence-corrected chi connectivity index (χ1v) is 8.22. The minimum Gasteiger partial charge on any atom is -0.338 e. The number of pyridine rings is 1. The molecule has 3 rings (SSSR count). The fraction of sp³-hybridized carbons (Fsp3) is 0.421. The molecule has 0 radical (unpaired) electrons. The van der Waals surface area contributed by atoms with Gasteiger partial charge >= 0.3 is 0 Å². The lowest BCUT2D eigenvalue weighted by molar-refractivity contribution is 0.0754. The summed E-state index contributed by atoms with van der Waals surface area (Å²) in [4.78, 5) is 19.5. The van der Waals surface area contributed by atoms with Gasteiger partial charge in [0.1, 0.15) is 0 Å². The molecule has 0 aliphatic heterocycles. The first-order valence-electron chi connectivity index (χ1n) is 8.22. The summed E-state index contributed by atoms with van der Waals surface area (Å²) in [5.74, 6) is 0.323. The molecule has 0 spiro atoms. The van der Waals surface area contributed by atoms with E-state index in [9.17, 15) is 4.79 Å². The van der Waals surface area contributed by atoms with Crippen molar-refractivity contribution in [3.63, 3.8) is 0 Å². The predicted octanol–water partition coefficient (Wildman–Crippen LogP) is 3.73. The SMILES string of the molecule is CCN(CC(C)C#N)C(=O)c1cc(C2CC2)nc2ccccc12. The van der Waals surface area contributed by atoms with Gasteiger partial charge in [0, 0.05) is 30.1 Å². The molecule has 2 aromatic rings. The van der Waals surface area contributed by atoms with Crippen molar-refractivity contribution in [2.24, 2.45) is 5.92 Å². The smallest absolute Gasteiger partial charge is 0.254 e. The Kier molecular flexibility index (Phi) is 4.29. The summed E-state index contributed by atoms with van der Waals surface area (Å²) in [5, 5.41) is 9.92. The fourth-order valence-electron chi connectivity index (χ4n) is 2.86. The van der Waals surface area contributed by atoms with Crippen molar-refractivity contribution >= 4 is 16.8 Å². The number of para-hydroxylation sites is 1. The summed E-state index contributed by atoms with van der Waals surface area (Å²) in [6, 6.07) is 12.0. The van der Waals surface area contributed by atoms with Gasteiger partial charge in [0.25, 0.3) is 5.91 Å². The summed E-state index contributed by atoms with van der Waals surface area (Å²) in [7, 11) is 0. The summed E-state index contributed by atoms with van der Waals surface area (Å²) >= 11 is 0. The first kappa shape index (κ1) is 15.5. The molecule has 1 unspecified atom stereocenters. The van der Waals surface area contributed by atoms with Crippen LogP contribution in [0.5, 0.6) is 0 Å². The number of fused-ring (bicyclic) bond motifs is 1. The van der Waals surface area contributed by atoms with Crippen LogP contribution in [0.3, 0.4) is 0 Å². The number of carbonyl (C=O) groups excluding carboxylic acids is 1. The van der Waals surface area contributed by atoms with Crippen LogP contribution in [0.2, 0.25) is 0 Å². The molecule has 1 aromatic carbocycles. The van der Waals surface area contributed by atoms with Crippen LogP contribution in [0, 0.1) is 17.2 Å².